The zero-order chi connectivity index (χ0) is 13.2. The van der Waals surface area contributed by atoms with E-state index in [0.717, 1.165) is 50.5 Å². The minimum absolute atomic E-state index is 0.356. The van der Waals surface area contributed by atoms with Crippen molar-refractivity contribution in [1.82, 2.24) is 4.90 Å². The van der Waals surface area contributed by atoms with Crippen molar-refractivity contribution in [2.24, 2.45) is 16.2 Å². The van der Waals surface area contributed by atoms with Gasteiger partial charge in [-0.15, -0.1) is 0 Å². The highest BCUT2D eigenvalue weighted by atomic mass is 32.2. The zero-order valence-electron chi connectivity index (χ0n) is 11.4. The van der Waals surface area contributed by atoms with Gasteiger partial charge in [0.25, 0.3) is 10.0 Å². The molecule has 104 valence electrons. The molecule has 0 amide bonds. The van der Waals surface area contributed by atoms with Crippen LogP contribution in [0.4, 0.5) is 0 Å². The number of amidine groups is 1. The van der Waals surface area contributed by atoms with Crippen LogP contribution in [0.3, 0.4) is 0 Å². The highest BCUT2D eigenvalue weighted by Gasteiger charge is 2.28. The van der Waals surface area contributed by atoms with Gasteiger partial charge in [-0.05, 0) is 31.6 Å². The molecule has 2 aliphatic rings. The molecule has 1 aliphatic heterocycles. The van der Waals surface area contributed by atoms with E-state index in [2.05, 4.69) is 16.2 Å². The number of rotatable bonds is 2. The second kappa shape index (κ2) is 5.59. The van der Waals surface area contributed by atoms with Crippen LogP contribution in [0.2, 0.25) is 0 Å². The van der Waals surface area contributed by atoms with E-state index in [0.29, 0.717) is 5.92 Å². The largest absolute Gasteiger partial charge is 0.359 e. The Morgan fingerprint density at radius 2 is 1.67 bits per heavy atom. The summed E-state index contributed by atoms with van der Waals surface area (Å²) in [7, 11) is -3.28. The lowest BCUT2D eigenvalue weighted by Gasteiger charge is -2.31. The fourth-order valence-corrected chi connectivity index (χ4v) is 3.63. The summed E-state index contributed by atoms with van der Waals surface area (Å²) in [6.07, 6.45) is 8.09. The Kier molecular flexibility index (Phi) is 4.30. The molecule has 4 nitrogen and oxygen atoms in total. The van der Waals surface area contributed by atoms with Crippen molar-refractivity contribution in [3.05, 3.63) is 0 Å². The van der Waals surface area contributed by atoms with Gasteiger partial charge >= 0.3 is 0 Å². The maximum absolute atomic E-state index is 11.5. The first-order chi connectivity index (χ1) is 8.46. The molecule has 0 N–H and O–H groups in total. The molecule has 0 bridgehead atoms. The topological polar surface area (TPSA) is 49.7 Å². The van der Waals surface area contributed by atoms with Crippen LogP contribution in [0, 0.1) is 11.8 Å². The van der Waals surface area contributed by atoms with Crippen LogP contribution in [0.25, 0.3) is 0 Å². The minimum atomic E-state index is -3.28. The third-order valence-electron chi connectivity index (χ3n) is 4.07. The van der Waals surface area contributed by atoms with Crippen molar-refractivity contribution >= 4 is 15.9 Å². The van der Waals surface area contributed by atoms with Crippen LogP contribution in [-0.4, -0.2) is 38.5 Å². The lowest BCUT2D eigenvalue weighted by molar-refractivity contribution is 0.323. The van der Waals surface area contributed by atoms with E-state index in [9.17, 15) is 8.42 Å². The highest BCUT2D eigenvalue weighted by molar-refractivity contribution is 7.89. The predicted octanol–water partition coefficient (Wildman–Crippen LogP) is 2.27. The molecule has 1 saturated heterocycles. The Bertz CT molecular complexity index is 403. The monoisotopic (exact) mass is 272 g/mol. The molecule has 1 heterocycles. The van der Waals surface area contributed by atoms with E-state index >= 15 is 0 Å². The Morgan fingerprint density at radius 1 is 1.11 bits per heavy atom. The minimum Gasteiger partial charge on any atom is -0.359 e. The van der Waals surface area contributed by atoms with E-state index in [1.54, 1.807) is 0 Å². The first kappa shape index (κ1) is 13.8. The van der Waals surface area contributed by atoms with E-state index in [1.165, 1.54) is 19.1 Å². The van der Waals surface area contributed by atoms with Crippen molar-refractivity contribution in [2.45, 2.75) is 45.4 Å². The summed E-state index contributed by atoms with van der Waals surface area (Å²) < 4.78 is 27.0. The molecule has 0 spiro atoms. The summed E-state index contributed by atoms with van der Waals surface area (Å²) in [4.78, 5) is 2.20. The Labute approximate surface area is 111 Å². The first-order valence-corrected chi connectivity index (χ1v) is 8.85. The second-order valence-corrected chi connectivity index (χ2v) is 7.48. The molecule has 0 aromatic carbocycles. The lowest BCUT2D eigenvalue weighted by Crippen LogP contribution is -2.36. The van der Waals surface area contributed by atoms with Gasteiger partial charge < -0.3 is 4.90 Å². The molecule has 18 heavy (non-hydrogen) atoms. The highest BCUT2D eigenvalue weighted by Crippen LogP contribution is 2.31. The number of hydrogen-bond acceptors (Lipinski definition) is 2. The Hall–Kier alpha value is -0.580. The molecular weight excluding hydrogens is 248 g/mol. The summed E-state index contributed by atoms with van der Waals surface area (Å²) in [6.45, 7) is 4.22. The van der Waals surface area contributed by atoms with Gasteiger partial charge in [0, 0.05) is 19.0 Å². The fraction of sp³-hybridized carbons (Fsp3) is 0.923. The smallest absolute Gasteiger partial charge is 0.251 e. The van der Waals surface area contributed by atoms with Gasteiger partial charge in [0.2, 0.25) is 0 Å². The second-order valence-electron chi connectivity index (χ2n) is 5.83. The third-order valence-corrected chi connectivity index (χ3v) is 4.59. The van der Waals surface area contributed by atoms with Crippen molar-refractivity contribution < 1.29 is 8.42 Å². The Balaban J connectivity index is 2.16. The van der Waals surface area contributed by atoms with Crippen LogP contribution in [-0.2, 0) is 10.0 Å². The molecule has 0 aromatic rings. The SMILES string of the molecule is CC1CCC(C(=NS(C)(=O)=O)N2CCCC2)CC1. The van der Waals surface area contributed by atoms with Crippen molar-refractivity contribution in [3.63, 3.8) is 0 Å². The van der Waals surface area contributed by atoms with Gasteiger partial charge in [-0.3, -0.25) is 0 Å². The standard InChI is InChI=1S/C13H24N2O2S/c1-11-5-7-12(8-6-11)13(14-18(2,16)17)15-9-3-4-10-15/h11-12H,3-10H2,1-2H3. The molecular formula is C13H24N2O2S. The van der Waals surface area contributed by atoms with E-state index in [4.69, 9.17) is 0 Å². The summed E-state index contributed by atoms with van der Waals surface area (Å²) in [5, 5.41) is 0. The van der Waals surface area contributed by atoms with Gasteiger partial charge in [-0.2, -0.15) is 4.40 Å². The van der Waals surface area contributed by atoms with Gasteiger partial charge in [0.05, 0.1) is 6.26 Å². The number of hydrogen-bond donors (Lipinski definition) is 0. The van der Waals surface area contributed by atoms with Crippen LogP contribution in [0.5, 0.6) is 0 Å². The van der Waals surface area contributed by atoms with Gasteiger partial charge in [-0.25, -0.2) is 8.42 Å². The van der Waals surface area contributed by atoms with Gasteiger partial charge in [0.1, 0.15) is 5.84 Å². The molecule has 0 unspecified atom stereocenters. The van der Waals surface area contributed by atoms with Crippen LogP contribution in [0.15, 0.2) is 4.40 Å². The summed E-state index contributed by atoms with van der Waals surface area (Å²) in [5.41, 5.74) is 0. The first-order valence-electron chi connectivity index (χ1n) is 7.00. The predicted molar refractivity (Wildman–Crippen MR) is 74.2 cm³/mol. The molecule has 1 saturated carbocycles. The quantitative estimate of drug-likeness (QED) is 0.572. The maximum Gasteiger partial charge on any atom is 0.251 e. The lowest BCUT2D eigenvalue weighted by atomic mass is 9.82. The summed E-state index contributed by atoms with van der Waals surface area (Å²) in [6, 6.07) is 0. The van der Waals surface area contributed by atoms with Crippen LogP contribution < -0.4 is 0 Å². The molecule has 0 aromatic heterocycles. The van der Waals surface area contributed by atoms with Gasteiger partial charge in [0.15, 0.2) is 0 Å². The summed E-state index contributed by atoms with van der Waals surface area (Å²) >= 11 is 0. The number of likely N-dealkylation sites (tertiary alicyclic amines) is 1. The number of nitrogens with zero attached hydrogens (tertiary/aromatic N) is 2. The summed E-state index contributed by atoms with van der Waals surface area (Å²) in [5.74, 6) is 1.98. The van der Waals surface area contributed by atoms with Crippen molar-refractivity contribution in [3.8, 4) is 0 Å². The third kappa shape index (κ3) is 3.70. The normalized spacial score (nSPS) is 30.8. The zero-order valence-corrected chi connectivity index (χ0v) is 12.2. The van der Waals surface area contributed by atoms with Crippen LogP contribution >= 0.6 is 0 Å². The van der Waals surface area contributed by atoms with E-state index in [1.807, 2.05) is 0 Å². The molecule has 0 radical (unpaired) electrons. The Morgan fingerprint density at radius 3 is 2.17 bits per heavy atom. The van der Waals surface area contributed by atoms with Crippen molar-refractivity contribution in [2.75, 3.05) is 19.3 Å². The molecule has 0 atom stereocenters. The van der Waals surface area contributed by atoms with Gasteiger partial charge in [-0.1, -0.05) is 19.8 Å². The average molecular weight is 272 g/mol. The average Bonchev–Trinajstić information content (AvgIpc) is 2.79. The molecule has 1 aliphatic carbocycles. The molecule has 2 rings (SSSR count). The maximum atomic E-state index is 11.5. The van der Waals surface area contributed by atoms with E-state index < -0.39 is 10.0 Å². The van der Waals surface area contributed by atoms with Crippen molar-refractivity contribution in [1.29, 1.82) is 0 Å². The fourth-order valence-electron chi connectivity index (χ4n) is 3.02. The number of sulfonamides is 1. The molecule has 2 fully saturated rings. The molecule has 5 heteroatoms. The van der Waals surface area contributed by atoms with Crippen LogP contribution in [0.1, 0.15) is 45.4 Å². The van der Waals surface area contributed by atoms with E-state index in [-0.39, 0.29) is 0 Å².